The lowest BCUT2D eigenvalue weighted by atomic mass is 10.1. The number of thioether (sulfide) groups is 1. The minimum absolute atomic E-state index is 0.861. The van der Waals surface area contributed by atoms with E-state index in [1.807, 2.05) is 23.9 Å². The smallest absolute Gasteiger partial charge is 0.0316 e. The molecule has 0 saturated carbocycles. The van der Waals surface area contributed by atoms with Gasteiger partial charge >= 0.3 is 0 Å². The highest BCUT2D eigenvalue weighted by molar-refractivity contribution is 7.99. The van der Waals surface area contributed by atoms with Crippen LogP contribution in [0, 0.1) is 13.8 Å². The van der Waals surface area contributed by atoms with Crippen LogP contribution in [0.25, 0.3) is 0 Å². The number of anilines is 1. The van der Waals surface area contributed by atoms with E-state index in [0.717, 1.165) is 17.9 Å². The molecule has 1 nitrogen and oxygen atoms in total. The van der Waals surface area contributed by atoms with Crippen molar-refractivity contribution in [1.29, 1.82) is 0 Å². The molecule has 0 aliphatic rings. The summed E-state index contributed by atoms with van der Waals surface area (Å²) in [6.45, 7) is 4.33. The van der Waals surface area contributed by atoms with Crippen molar-refractivity contribution in [1.82, 2.24) is 0 Å². The van der Waals surface area contributed by atoms with Crippen molar-refractivity contribution < 1.29 is 0 Å². The largest absolute Gasteiger partial charge is 0.399 e. The zero-order valence-electron chi connectivity index (χ0n) is 11.6. The predicted molar refractivity (Wildman–Crippen MR) is 85.8 cm³/mol. The Balaban J connectivity index is 1.81. The molecule has 100 valence electrons. The molecular weight excluding hydrogens is 250 g/mol. The Bertz CT molecular complexity index is 549. The summed E-state index contributed by atoms with van der Waals surface area (Å²) in [5.74, 6) is 1.15. The van der Waals surface area contributed by atoms with Crippen LogP contribution in [0.2, 0.25) is 0 Å². The van der Waals surface area contributed by atoms with Crippen LogP contribution in [-0.4, -0.2) is 5.75 Å². The van der Waals surface area contributed by atoms with Gasteiger partial charge in [-0.15, -0.1) is 11.8 Å². The topological polar surface area (TPSA) is 26.0 Å². The van der Waals surface area contributed by atoms with E-state index in [0.29, 0.717) is 0 Å². The second-order valence-electron chi connectivity index (χ2n) is 4.97. The van der Waals surface area contributed by atoms with E-state index >= 15 is 0 Å². The molecule has 0 fully saturated rings. The summed E-state index contributed by atoms with van der Waals surface area (Å²) in [6, 6.07) is 14.9. The third kappa shape index (κ3) is 4.32. The normalized spacial score (nSPS) is 10.6. The highest BCUT2D eigenvalue weighted by Crippen LogP contribution is 2.24. The van der Waals surface area contributed by atoms with Gasteiger partial charge in [-0.3, -0.25) is 0 Å². The van der Waals surface area contributed by atoms with Gasteiger partial charge in [-0.2, -0.15) is 0 Å². The molecule has 2 heteroatoms. The Hall–Kier alpha value is -1.41. The lowest BCUT2D eigenvalue weighted by Crippen LogP contribution is -1.91. The molecule has 0 amide bonds. The van der Waals surface area contributed by atoms with E-state index in [-0.39, 0.29) is 0 Å². The van der Waals surface area contributed by atoms with Crippen LogP contribution >= 0.6 is 11.8 Å². The Labute approximate surface area is 120 Å². The highest BCUT2D eigenvalue weighted by Gasteiger charge is 2.00. The molecule has 2 aromatic carbocycles. The molecule has 0 heterocycles. The molecule has 0 spiro atoms. The number of hydrogen-bond acceptors (Lipinski definition) is 2. The third-order valence-electron chi connectivity index (χ3n) is 3.15. The molecule has 0 bridgehead atoms. The first-order chi connectivity index (χ1) is 9.15. The molecule has 0 aromatic heterocycles. The van der Waals surface area contributed by atoms with Crippen molar-refractivity contribution in [2.75, 3.05) is 11.5 Å². The number of benzene rings is 2. The summed E-state index contributed by atoms with van der Waals surface area (Å²) in [5.41, 5.74) is 10.7. The second-order valence-corrected chi connectivity index (χ2v) is 6.10. The predicted octanol–water partition coefficient (Wildman–Crippen LogP) is 4.61. The Morgan fingerprint density at radius 3 is 2.63 bits per heavy atom. The summed E-state index contributed by atoms with van der Waals surface area (Å²) in [5, 5.41) is 0. The maximum Gasteiger partial charge on any atom is 0.0316 e. The average Bonchev–Trinajstić information content (AvgIpc) is 2.37. The number of aryl methyl sites for hydroxylation is 3. The quantitative estimate of drug-likeness (QED) is 0.488. The van der Waals surface area contributed by atoms with Crippen molar-refractivity contribution in [3.63, 3.8) is 0 Å². The molecule has 0 unspecified atom stereocenters. The van der Waals surface area contributed by atoms with Crippen LogP contribution in [0.1, 0.15) is 23.1 Å². The number of nitrogens with two attached hydrogens (primary N) is 1. The summed E-state index contributed by atoms with van der Waals surface area (Å²) in [6.07, 6.45) is 2.28. The molecule has 0 aliphatic heterocycles. The second kappa shape index (κ2) is 6.67. The van der Waals surface area contributed by atoms with Gasteiger partial charge in [-0.1, -0.05) is 29.8 Å². The van der Waals surface area contributed by atoms with Gasteiger partial charge in [0.15, 0.2) is 0 Å². The molecular formula is C17H21NS. The Morgan fingerprint density at radius 2 is 1.89 bits per heavy atom. The number of nitrogen functional groups attached to an aromatic ring is 1. The number of hydrogen-bond donors (Lipinski definition) is 1. The molecule has 0 saturated heterocycles. The van der Waals surface area contributed by atoms with E-state index in [1.54, 1.807) is 0 Å². The van der Waals surface area contributed by atoms with E-state index in [2.05, 4.69) is 44.2 Å². The fraction of sp³-hybridized carbons (Fsp3) is 0.294. The Kier molecular flexibility index (Phi) is 4.92. The van der Waals surface area contributed by atoms with E-state index in [1.165, 1.54) is 28.0 Å². The SMILES string of the molecule is Cc1ccc(SCCCc2cccc(N)c2)c(C)c1. The molecule has 19 heavy (non-hydrogen) atoms. The van der Waals surface area contributed by atoms with Gasteiger partial charge in [0.25, 0.3) is 0 Å². The van der Waals surface area contributed by atoms with E-state index in [9.17, 15) is 0 Å². The molecule has 2 rings (SSSR count). The van der Waals surface area contributed by atoms with Gasteiger partial charge in [0.1, 0.15) is 0 Å². The summed E-state index contributed by atoms with van der Waals surface area (Å²) >= 11 is 1.95. The zero-order chi connectivity index (χ0) is 13.7. The first-order valence-corrected chi connectivity index (χ1v) is 7.68. The van der Waals surface area contributed by atoms with Gasteiger partial charge in [-0.25, -0.2) is 0 Å². The van der Waals surface area contributed by atoms with E-state index in [4.69, 9.17) is 5.73 Å². The fourth-order valence-corrected chi connectivity index (χ4v) is 3.13. The molecule has 2 aromatic rings. The van der Waals surface area contributed by atoms with Crippen molar-refractivity contribution in [2.24, 2.45) is 0 Å². The maximum absolute atomic E-state index is 5.78. The van der Waals surface area contributed by atoms with Crippen molar-refractivity contribution >= 4 is 17.4 Å². The first-order valence-electron chi connectivity index (χ1n) is 6.69. The van der Waals surface area contributed by atoms with Crippen LogP contribution in [0.15, 0.2) is 47.4 Å². The molecule has 0 aliphatic carbocycles. The van der Waals surface area contributed by atoms with Crippen molar-refractivity contribution in [3.8, 4) is 0 Å². The number of rotatable bonds is 5. The van der Waals surface area contributed by atoms with Crippen molar-refractivity contribution in [3.05, 3.63) is 59.2 Å². The van der Waals surface area contributed by atoms with Crippen LogP contribution in [0.3, 0.4) is 0 Å². The summed E-state index contributed by atoms with van der Waals surface area (Å²) in [7, 11) is 0. The fourth-order valence-electron chi connectivity index (χ4n) is 2.17. The minimum atomic E-state index is 0.861. The average molecular weight is 271 g/mol. The van der Waals surface area contributed by atoms with Crippen LogP contribution in [-0.2, 0) is 6.42 Å². The van der Waals surface area contributed by atoms with Crippen LogP contribution in [0.5, 0.6) is 0 Å². The molecule has 0 atom stereocenters. The Morgan fingerprint density at radius 1 is 1.05 bits per heavy atom. The lowest BCUT2D eigenvalue weighted by Gasteiger charge is -2.07. The zero-order valence-corrected chi connectivity index (χ0v) is 12.5. The molecule has 2 N–H and O–H groups in total. The van der Waals surface area contributed by atoms with Gasteiger partial charge in [0, 0.05) is 10.6 Å². The van der Waals surface area contributed by atoms with Gasteiger partial charge in [0.2, 0.25) is 0 Å². The third-order valence-corrected chi connectivity index (χ3v) is 4.41. The van der Waals surface area contributed by atoms with E-state index < -0.39 is 0 Å². The van der Waals surface area contributed by atoms with Crippen LogP contribution < -0.4 is 5.73 Å². The maximum atomic E-state index is 5.78. The molecule has 0 radical (unpaired) electrons. The minimum Gasteiger partial charge on any atom is -0.399 e. The lowest BCUT2D eigenvalue weighted by molar-refractivity contribution is 0.933. The standard InChI is InChI=1S/C17H21NS/c1-13-8-9-17(14(2)11-13)19-10-4-6-15-5-3-7-16(18)12-15/h3,5,7-9,11-12H,4,6,10,18H2,1-2H3. The monoisotopic (exact) mass is 271 g/mol. The van der Waals surface area contributed by atoms with Gasteiger partial charge in [0.05, 0.1) is 0 Å². The summed E-state index contributed by atoms with van der Waals surface area (Å²) in [4.78, 5) is 1.40. The highest BCUT2D eigenvalue weighted by atomic mass is 32.2. The van der Waals surface area contributed by atoms with Crippen LogP contribution in [0.4, 0.5) is 5.69 Å². The van der Waals surface area contributed by atoms with Crippen molar-refractivity contribution in [2.45, 2.75) is 31.6 Å². The summed E-state index contributed by atoms with van der Waals surface area (Å²) < 4.78 is 0. The first kappa shape index (κ1) is 14.0. The van der Waals surface area contributed by atoms with Gasteiger partial charge in [-0.05, 0) is 61.8 Å². The van der Waals surface area contributed by atoms with Gasteiger partial charge < -0.3 is 5.73 Å².